The van der Waals surface area contributed by atoms with E-state index in [9.17, 15) is 9.59 Å². The van der Waals surface area contributed by atoms with Gasteiger partial charge in [0, 0.05) is 74.1 Å². The number of carbonyl (C=O) groups is 2. The first-order chi connectivity index (χ1) is 21.1. The minimum atomic E-state index is -0.554. The summed E-state index contributed by atoms with van der Waals surface area (Å²) in [4.78, 5) is 38.0. The monoisotopic (exact) mass is 597 g/mol. The summed E-state index contributed by atoms with van der Waals surface area (Å²) in [5.74, 6) is 0.791. The third-order valence-electron chi connectivity index (χ3n) is 7.76. The Morgan fingerprint density at radius 1 is 1.00 bits per heavy atom. The van der Waals surface area contributed by atoms with Gasteiger partial charge in [-0.1, -0.05) is 18.2 Å². The summed E-state index contributed by atoms with van der Waals surface area (Å²) in [5.41, 5.74) is 4.57. The van der Waals surface area contributed by atoms with E-state index in [0.29, 0.717) is 55.3 Å². The van der Waals surface area contributed by atoms with E-state index in [2.05, 4.69) is 55.5 Å². The van der Waals surface area contributed by atoms with Crippen molar-refractivity contribution in [3.63, 3.8) is 0 Å². The molecule has 1 aliphatic carbocycles. The molecule has 2 aliphatic rings. The van der Waals surface area contributed by atoms with E-state index in [1.807, 2.05) is 39.0 Å². The van der Waals surface area contributed by atoms with Crippen LogP contribution in [0.1, 0.15) is 46.6 Å². The van der Waals surface area contributed by atoms with Gasteiger partial charge in [0.15, 0.2) is 0 Å². The fourth-order valence-electron chi connectivity index (χ4n) is 5.60. The zero-order valence-electron chi connectivity index (χ0n) is 25.9. The molecule has 0 radical (unpaired) electrons. The van der Waals surface area contributed by atoms with E-state index in [-0.39, 0.29) is 12.0 Å². The van der Waals surface area contributed by atoms with Crippen molar-refractivity contribution in [1.29, 1.82) is 0 Å². The number of aromatic nitrogens is 3. The van der Waals surface area contributed by atoms with Gasteiger partial charge in [-0.15, -0.1) is 0 Å². The number of fused-ring (bicyclic) bond motifs is 1. The van der Waals surface area contributed by atoms with Crippen LogP contribution in [0.5, 0.6) is 5.75 Å². The van der Waals surface area contributed by atoms with Crippen LogP contribution in [0.4, 0.5) is 27.8 Å². The molecule has 4 aromatic rings. The van der Waals surface area contributed by atoms with Gasteiger partial charge in [-0.05, 0) is 51.8 Å². The number of ether oxygens (including phenoxy) is 2. The predicted molar refractivity (Wildman–Crippen MR) is 172 cm³/mol. The van der Waals surface area contributed by atoms with Crippen molar-refractivity contribution in [2.75, 3.05) is 48.8 Å². The van der Waals surface area contributed by atoms with Gasteiger partial charge >= 0.3 is 6.09 Å². The first-order valence-electron chi connectivity index (χ1n) is 15.0. The van der Waals surface area contributed by atoms with Crippen molar-refractivity contribution >= 4 is 45.9 Å². The molecule has 44 heavy (non-hydrogen) atoms. The number of nitrogens with one attached hydrogen (secondary N) is 2. The number of hydrogen-bond acceptors (Lipinski definition) is 8. The third-order valence-corrected chi connectivity index (χ3v) is 7.76. The van der Waals surface area contributed by atoms with E-state index >= 15 is 0 Å². The Hall–Kier alpha value is -4.80. The molecular formula is C33H39N7O4. The number of amides is 2. The van der Waals surface area contributed by atoms with Gasteiger partial charge in [-0.3, -0.25) is 4.79 Å². The average Bonchev–Trinajstić information content (AvgIpc) is 3.76. The largest absolute Gasteiger partial charge is 0.494 e. The molecule has 230 valence electrons. The Morgan fingerprint density at radius 2 is 1.75 bits per heavy atom. The molecule has 11 heteroatoms. The fraction of sp³-hybridized carbons (Fsp3) is 0.394. The summed E-state index contributed by atoms with van der Waals surface area (Å²) in [7, 11) is 1.60. The van der Waals surface area contributed by atoms with E-state index in [4.69, 9.17) is 14.5 Å². The number of carbonyl (C=O) groups excluding carboxylic acids is 2. The fourth-order valence-corrected chi connectivity index (χ4v) is 5.60. The number of nitrogens with zero attached hydrogens (tertiary/aromatic N) is 5. The zero-order chi connectivity index (χ0) is 31.0. The van der Waals surface area contributed by atoms with E-state index < -0.39 is 5.60 Å². The van der Waals surface area contributed by atoms with Gasteiger partial charge in [0.25, 0.3) is 0 Å². The number of anilines is 4. The number of benzene rings is 2. The van der Waals surface area contributed by atoms with Crippen LogP contribution in [0.3, 0.4) is 0 Å². The Balaban J connectivity index is 1.26. The van der Waals surface area contributed by atoms with E-state index in [0.717, 1.165) is 22.3 Å². The quantitative estimate of drug-likeness (QED) is 0.259. The van der Waals surface area contributed by atoms with Crippen LogP contribution < -0.4 is 20.3 Å². The molecule has 0 unspecified atom stereocenters. The summed E-state index contributed by atoms with van der Waals surface area (Å²) in [6.07, 6.45) is 6.01. The standard InChI is InChI=1S/C33H39N7O4/c1-21(41)35-26-18-27(30(43-5)19-29(26)38-14-16-39(17-15-38)32(42)44-33(2,3)4)37-31-34-13-12-25(36-31)24-20-40(22-10-11-22)28-9-7-6-8-23(24)28/h6-9,12-13,18-20,22H,10-11,14-17H2,1-5H3,(H,35,41)(H,34,36,37). The molecule has 1 saturated heterocycles. The van der Waals surface area contributed by atoms with Gasteiger partial charge in [-0.2, -0.15) is 0 Å². The lowest BCUT2D eigenvalue weighted by Gasteiger charge is -2.37. The summed E-state index contributed by atoms with van der Waals surface area (Å²) in [5, 5.41) is 7.44. The number of methoxy groups -OCH3 is 1. The molecule has 1 saturated carbocycles. The van der Waals surface area contributed by atoms with Gasteiger partial charge < -0.3 is 34.5 Å². The lowest BCUT2D eigenvalue weighted by atomic mass is 10.1. The zero-order valence-corrected chi connectivity index (χ0v) is 25.9. The van der Waals surface area contributed by atoms with Gasteiger partial charge in [0.2, 0.25) is 11.9 Å². The number of rotatable bonds is 7. The normalized spacial score (nSPS) is 15.3. The molecular weight excluding hydrogens is 558 g/mol. The maximum Gasteiger partial charge on any atom is 0.410 e. The van der Waals surface area contributed by atoms with Crippen molar-refractivity contribution in [3.05, 3.63) is 54.9 Å². The molecule has 2 N–H and O–H groups in total. The number of para-hydroxylation sites is 1. The molecule has 3 heterocycles. The highest BCUT2D eigenvalue weighted by Gasteiger charge is 2.28. The second kappa shape index (κ2) is 11.7. The second-order valence-corrected chi connectivity index (χ2v) is 12.3. The first kappa shape index (κ1) is 29.3. The molecule has 6 rings (SSSR count). The SMILES string of the molecule is COc1cc(N2CCN(C(=O)OC(C)(C)C)CC2)c(NC(C)=O)cc1Nc1nccc(-c2cn(C3CC3)c3ccccc23)n1. The summed E-state index contributed by atoms with van der Waals surface area (Å²) >= 11 is 0. The van der Waals surface area contributed by atoms with Crippen molar-refractivity contribution in [3.8, 4) is 17.0 Å². The van der Waals surface area contributed by atoms with Crippen LogP contribution in [0.25, 0.3) is 22.2 Å². The smallest absolute Gasteiger partial charge is 0.410 e. The van der Waals surface area contributed by atoms with Crippen molar-refractivity contribution in [2.45, 2.75) is 52.2 Å². The Bertz CT molecular complexity index is 1700. The molecule has 2 aromatic heterocycles. The summed E-state index contributed by atoms with van der Waals surface area (Å²) < 4.78 is 13.7. The Kier molecular flexibility index (Phi) is 7.79. The third kappa shape index (κ3) is 6.27. The van der Waals surface area contributed by atoms with Crippen LogP contribution in [-0.2, 0) is 9.53 Å². The second-order valence-electron chi connectivity index (χ2n) is 12.3. The van der Waals surface area contributed by atoms with E-state index in [1.165, 1.54) is 25.3 Å². The topological polar surface area (TPSA) is 114 Å². The maximum absolute atomic E-state index is 12.6. The molecule has 1 aliphatic heterocycles. The highest BCUT2D eigenvalue weighted by molar-refractivity contribution is 5.96. The summed E-state index contributed by atoms with van der Waals surface area (Å²) in [6.45, 7) is 9.19. The first-order valence-corrected chi connectivity index (χ1v) is 15.0. The van der Waals surface area contributed by atoms with Crippen LogP contribution in [0.2, 0.25) is 0 Å². The molecule has 0 atom stereocenters. The Labute approximate surface area is 257 Å². The maximum atomic E-state index is 12.6. The predicted octanol–water partition coefficient (Wildman–Crippen LogP) is 6.20. The minimum absolute atomic E-state index is 0.194. The van der Waals surface area contributed by atoms with Crippen molar-refractivity contribution < 1.29 is 19.1 Å². The van der Waals surface area contributed by atoms with E-state index in [1.54, 1.807) is 18.2 Å². The lowest BCUT2D eigenvalue weighted by Crippen LogP contribution is -2.50. The molecule has 2 amide bonds. The minimum Gasteiger partial charge on any atom is -0.494 e. The van der Waals surface area contributed by atoms with Crippen molar-refractivity contribution in [2.24, 2.45) is 0 Å². The molecule has 11 nitrogen and oxygen atoms in total. The van der Waals surface area contributed by atoms with Crippen LogP contribution in [-0.4, -0.2) is 70.3 Å². The highest BCUT2D eigenvalue weighted by atomic mass is 16.6. The lowest BCUT2D eigenvalue weighted by molar-refractivity contribution is -0.114. The van der Waals surface area contributed by atoms with Crippen LogP contribution in [0, 0.1) is 0 Å². The van der Waals surface area contributed by atoms with Gasteiger partial charge in [-0.25, -0.2) is 14.8 Å². The van der Waals surface area contributed by atoms with Gasteiger partial charge in [0.05, 0.1) is 29.9 Å². The van der Waals surface area contributed by atoms with Crippen LogP contribution >= 0.6 is 0 Å². The molecule has 0 bridgehead atoms. The molecule has 0 spiro atoms. The number of piperazine rings is 1. The van der Waals surface area contributed by atoms with Crippen LogP contribution in [0.15, 0.2) is 54.9 Å². The molecule has 2 fully saturated rings. The highest BCUT2D eigenvalue weighted by Crippen LogP contribution is 2.42. The van der Waals surface area contributed by atoms with Gasteiger partial charge in [0.1, 0.15) is 11.4 Å². The summed E-state index contributed by atoms with van der Waals surface area (Å²) in [6, 6.07) is 14.6. The Morgan fingerprint density at radius 3 is 2.43 bits per heavy atom. The number of hydrogen-bond donors (Lipinski definition) is 2. The van der Waals surface area contributed by atoms with Crippen molar-refractivity contribution in [1.82, 2.24) is 19.4 Å². The average molecular weight is 598 g/mol. The molecule has 2 aromatic carbocycles.